The molecule has 1 fully saturated rings. The molecule has 1 N–H and O–H groups in total. The number of amides is 1. The fourth-order valence-electron chi connectivity index (χ4n) is 2.62. The summed E-state index contributed by atoms with van der Waals surface area (Å²) < 4.78 is 14.2. The number of thioether (sulfide) groups is 1. The Kier molecular flexibility index (Phi) is 5.12. The van der Waals surface area contributed by atoms with Crippen molar-refractivity contribution in [2.45, 2.75) is 17.7 Å². The number of pyridine rings is 1. The number of benzene rings is 1. The maximum absolute atomic E-state index is 14.2. The topological polar surface area (TPSA) is 45.2 Å². The normalized spacial score (nSPS) is 14.0. The predicted octanol–water partition coefficient (Wildman–Crippen LogP) is 3.55. The average molecular weight is 331 g/mol. The average Bonchev–Trinajstić information content (AvgIpc) is 3.10. The largest absolute Gasteiger partial charge is 0.370 e. The molecule has 1 aromatic heterocycles. The van der Waals surface area contributed by atoms with Crippen LogP contribution in [0.15, 0.2) is 47.6 Å². The Morgan fingerprint density at radius 1 is 1.22 bits per heavy atom. The molecule has 120 valence electrons. The predicted molar refractivity (Wildman–Crippen MR) is 91.4 cm³/mol. The summed E-state index contributed by atoms with van der Waals surface area (Å²) in [6, 6.07) is 8.61. The van der Waals surface area contributed by atoms with Gasteiger partial charge in [0.15, 0.2) is 0 Å². The second-order valence-electron chi connectivity index (χ2n) is 5.35. The van der Waals surface area contributed by atoms with E-state index in [-0.39, 0.29) is 17.3 Å². The zero-order valence-corrected chi connectivity index (χ0v) is 13.5. The van der Waals surface area contributed by atoms with Crippen molar-refractivity contribution in [3.05, 3.63) is 48.5 Å². The third kappa shape index (κ3) is 4.01. The third-order valence-corrected chi connectivity index (χ3v) is 4.73. The lowest BCUT2D eigenvalue weighted by Crippen LogP contribution is -2.22. The fraction of sp³-hybridized carbons (Fsp3) is 0.294. The van der Waals surface area contributed by atoms with Crippen molar-refractivity contribution in [2.24, 2.45) is 0 Å². The van der Waals surface area contributed by atoms with Crippen LogP contribution in [-0.2, 0) is 4.79 Å². The number of carbonyl (C=O) groups is 1. The summed E-state index contributed by atoms with van der Waals surface area (Å²) in [4.78, 5) is 19.2. The van der Waals surface area contributed by atoms with E-state index in [2.05, 4.69) is 15.2 Å². The molecule has 3 rings (SSSR count). The van der Waals surface area contributed by atoms with Crippen LogP contribution in [0, 0.1) is 5.82 Å². The number of nitrogens with zero attached hydrogens (tertiary/aromatic N) is 2. The second-order valence-corrected chi connectivity index (χ2v) is 6.40. The molecule has 2 heterocycles. The van der Waals surface area contributed by atoms with Gasteiger partial charge in [-0.2, -0.15) is 0 Å². The first kappa shape index (κ1) is 15.8. The van der Waals surface area contributed by atoms with E-state index in [0.717, 1.165) is 36.5 Å². The van der Waals surface area contributed by atoms with Gasteiger partial charge in [0.2, 0.25) is 5.91 Å². The van der Waals surface area contributed by atoms with E-state index >= 15 is 0 Å². The molecule has 0 aliphatic carbocycles. The molecule has 4 nitrogen and oxygen atoms in total. The molecule has 1 aromatic carbocycles. The van der Waals surface area contributed by atoms with Crippen molar-refractivity contribution in [3.8, 4) is 0 Å². The Morgan fingerprint density at radius 2 is 1.96 bits per heavy atom. The number of aromatic nitrogens is 1. The highest BCUT2D eigenvalue weighted by atomic mass is 32.2. The first-order chi connectivity index (χ1) is 11.2. The summed E-state index contributed by atoms with van der Waals surface area (Å²) in [5.41, 5.74) is 1.06. The fourth-order valence-corrected chi connectivity index (χ4v) is 3.30. The highest BCUT2D eigenvalue weighted by Gasteiger charge is 2.19. The number of para-hydroxylation sites is 1. The minimum absolute atomic E-state index is 0.211. The van der Waals surface area contributed by atoms with Gasteiger partial charge in [-0.05, 0) is 37.1 Å². The molecule has 1 aliphatic heterocycles. The number of rotatable bonds is 5. The summed E-state index contributed by atoms with van der Waals surface area (Å²) in [6.45, 7) is 1.80. The third-order valence-electron chi connectivity index (χ3n) is 3.72. The molecular formula is C17H18FN3OS. The molecule has 0 spiro atoms. The Labute approximate surface area is 139 Å². The molecule has 1 aliphatic rings. The molecule has 0 atom stereocenters. The Morgan fingerprint density at radius 3 is 2.70 bits per heavy atom. The monoisotopic (exact) mass is 331 g/mol. The molecule has 1 saturated heterocycles. The zero-order chi connectivity index (χ0) is 16.1. The quantitative estimate of drug-likeness (QED) is 0.851. The lowest BCUT2D eigenvalue weighted by Gasteiger charge is -2.22. The van der Waals surface area contributed by atoms with E-state index in [1.807, 2.05) is 18.2 Å². The smallest absolute Gasteiger partial charge is 0.234 e. The number of hydrogen-bond donors (Lipinski definition) is 1. The Balaban J connectivity index is 1.68. The highest BCUT2D eigenvalue weighted by molar-refractivity contribution is 8.00. The van der Waals surface area contributed by atoms with Gasteiger partial charge in [-0.25, -0.2) is 4.39 Å². The van der Waals surface area contributed by atoms with Crippen LogP contribution in [0.1, 0.15) is 12.8 Å². The van der Waals surface area contributed by atoms with Gasteiger partial charge in [-0.15, -0.1) is 11.8 Å². The van der Waals surface area contributed by atoms with Gasteiger partial charge in [0.25, 0.3) is 0 Å². The van der Waals surface area contributed by atoms with Crippen LogP contribution in [0.4, 0.5) is 15.8 Å². The van der Waals surface area contributed by atoms with Crippen molar-refractivity contribution >= 4 is 29.0 Å². The van der Waals surface area contributed by atoms with E-state index < -0.39 is 5.82 Å². The van der Waals surface area contributed by atoms with E-state index in [4.69, 9.17) is 0 Å². The van der Waals surface area contributed by atoms with E-state index in [9.17, 15) is 9.18 Å². The summed E-state index contributed by atoms with van der Waals surface area (Å²) in [6.07, 6.45) is 5.56. The maximum atomic E-state index is 14.2. The van der Waals surface area contributed by atoms with Gasteiger partial charge in [0.05, 0.1) is 11.4 Å². The van der Waals surface area contributed by atoms with Crippen LogP contribution in [-0.4, -0.2) is 29.7 Å². The molecule has 2 aromatic rings. The van der Waals surface area contributed by atoms with Gasteiger partial charge < -0.3 is 10.2 Å². The van der Waals surface area contributed by atoms with E-state index in [1.54, 1.807) is 18.5 Å². The zero-order valence-electron chi connectivity index (χ0n) is 12.7. The molecule has 23 heavy (non-hydrogen) atoms. The molecule has 0 bridgehead atoms. The van der Waals surface area contributed by atoms with Crippen LogP contribution in [0.5, 0.6) is 0 Å². The standard InChI is InChI=1S/C17H18FN3OS/c18-14-4-3-5-15(21-10-1-2-11-21)17(14)20-16(22)12-23-13-6-8-19-9-7-13/h3-9H,1-2,10-12H2,(H,20,22). The van der Waals surface area contributed by atoms with Crippen LogP contribution >= 0.6 is 11.8 Å². The number of hydrogen-bond acceptors (Lipinski definition) is 4. The molecule has 0 saturated carbocycles. The van der Waals surface area contributed by atoms with Gasteiger partial charge in [0.1, 0.15) is 11.5 Å². The second kappa shape index (κ2) is 7.46. The first-order valence-corrected chi connectivity index (χ1v) is 8.59. The molecule has 0 unspecified atom stereocenters. The Hall–Kier alpha value is -2.08. The van der Waals surface area contributed by atoms with Crippen LogP contribution in [0.3, 0.4) is 0 Å². The first-order valence-electron chi connectivity index (χ1n) is 7.60. The van der Waals surface area contributed by atoms with Crippen molar-refractivity contribution in [1.82, 2.24) is 4.98 Å². The number of nitrogens with one attached hydrogen (secondary N) is 1. The van der Waals surface area contributed by atoms with Crippen molar-refractivity contribution in [2.75, 3.05) is 29.1 Å². The lowest BCUT2D eigenvalue weighted by molar-refractivity contribution is -0.113. The van der Waals surface area contributed by atoms with Gasteiger partial charge in [0, 0.05) is 30.4 Å². The van der Waals surface area contributed by atoms with Crippen molar-refractivity contribution < 1.29 is 9.18 Å². The van der Waals surface area contributed by atoms with Crippen LogP contribution < -0.4 is 10.2 Å². The van der Waals surface area contributed by atoms with Crippen LogP contribution in [0.25, 0.3) is 0 Å². The van der Waals surface area contributed by atoms with Gasteiger partial charge in [-0.3, -0.25) is 9.78 Å². The summed E-state index contributed by atoms with van der Waals surface area (Å²) in [5, 5.41) is 2.73. The van der Waals surface area contributed by atoms with Gasteiger partial charge >= 0.3 is 0 Å². The maximum Gasteiger partial charge on any atom is 0.234 e. The number of halogens is 1. The number of carbonyl (C=O) groups excluding carboxylic acids is 1. The SMILES string of the molecule is O=C(CSc1ccncc1)Nc1c(F)cccc1N1CCCC1. The summed E-state index contributed by atoms with van der Waals surface area (Å²) in [5.74, 6) is -0.369. The molecule has 1 amide bonds. The minimum Gasteiger partial charge on any atom is -0.370 e. The Bertz CT molecular complexity index is 675. The van der Waals surface area contributed by atoms with E-state index in [0.29, 0.717) is 0 Å². The van der Waals surface area contributed by atoms with Gasteiger partial charge in [-0.1, -0.05) is 6.07 Å². The van der Waals surface area contributed by atoms with Crippen molar-refractivity contribution in [3.63, 3.8) is 0 Å². The van der Waals surface area contributed by atoms with E-state index in [1.165, 1.54) is 17.8 Å². The molecule has 0 radical (unpaired) electrons. The number of anilines is 2. The summed E-state index contributed by atoms with van der Waals surface area (Å²) >= 11 is 1.40. The summed E-state index contributed by atoms with van der Waals surface area (Å²) in [7, 11) is 0. The van der Waals surface area contributed by atoms with Crippen LogP contribution in [0.2, 0.25) is 0 Å². The highest BCUT2D eigenvalue weighted by Crippen LogP contribution is 2.31. The van der Waals surface area contributed by atoms with Crippen molar-refractivity contribution in [1.29, 1.82) is 0 Å². The molecular weight excluding hydrogens is 313 g/mol. The lowest BCUT2D eigenvalue weighted by atomic mass is 10.2. The molecule has 6 heteroatoms. The minimum atomic E-state index is -0.392.